The van der Waals surface area contributed by atoms with E-state index in [1.54, 1.807) is 36.2 Å². The summed E-state index contributed by atoms with van der Waals surface area (Å²) < 4.78 is 0. The molecule has 0 spiro atoms. The van der Waals surface area contributed by atoms with Crippen molar-refractivity contribution in [2.75, 3.05) is 18.9 Å². The zero-order valence-electron chi connectivity index (χ0n) is 16.1. The molecule has 0 saturated carbocycles. The van der Waals surface area contributed by atoms with Gasteiger partial charge < -0.3 is 20.9 Å². The lowest BCUT2D eigenvalue weighted by atomic mass is 9.95. The van der Waals surface area contributed by atoms with Crippen molar-refractivity contribution < 1.29 is 14.4 Å². The van der Waals surface area contributed by atoms with Gasteiger partial charge >= 0.3 is 0 Å². The van der Waals surface area contributed by atoms with Crippen molar-refractivity contribution in [3.63, 3.8) is 0 Å². The van der Waals surface area contributed by atoms with Gasteiger partial charge in [0.15, 0.2) is 0 Å². The summed E-state index contributed by atoms with van der Waals surface area (Å²) in [6.07, 6.45) is 1.82. The second-order valence-corrected chi connectivity index (χ2v) is 7.75. The van der Waals surface area contributed by atoms with Gasteiger partial charge in [-0.15, -0.1) is 0 Å². The number of nitrogens with one attached hydrogen (secondary N) is 3. The molecule has 2 heterocycles. The van der Waals surface area contributed by atoms with Crippen LogP contribution >= 0.6 is 0 Å². The fourth-order valence-electron chi connectivity index (χ4n) is 3.87. The van der Waals surface area contributed by atoms with E-state index >= 15 is 0 Å². The summed E-state index contributed by atoms with van der Waals surface area (Å²) in [5.41, 5.74) is 1.07. The molecular weight excluding hydrogens is 344 g/mol. The van der Waals surface area contributed by atoms with Gasteiger partial charge in [-0.2, -0.15) is 0 Å². The SMILES string of the molecule is CNC(CC(C)C)C(=O)NC1CCN2C(=O)c3ccccc3NC(=O)C2C1. The van der Waals surface area contributed by atoms with Gasteiger partial charge in [-0.1, -0.05) is 26.0 Å². The Bertz CT molecular complexity index is 734. The average molecular weight is 372 g/mol. The highest BCUT2D eigenvalue weighted by atomic mass is 16.2. The van der Waals surface area contributed by atoms with Crippen LogP contribution in [0.1, 0.15) is 43.5 Å². The highest BCUT2D eigenvalue weighted by Crippen LogP contribution is 2.28. The number of likely N-dealkylation sites (N-methyl/N-ethyl adjacent to an activating group) is 1. The van der Waals surface area contributed by atoms with Crippen LogP contribution in [0.25, 0.3) is 0 Å². The van der Waals surface area contributed by atoms with E-state index in [-0.39, 0.29) is 29.8 Å². The minimum Gasteiger partial charge on any atom is -0.352 e. The van der Waals surface area contributed by atoms with E-state index in [1.165, 1.54) is 0 Å². The number of hydrogen-bond donors (Lipinski definition) is 3. The molecule has 0 bridgehead atoms. The van der Waals surface area contributed by atoms with Crippen LogP contribution < -0.4 is 16.0 Å². The van der Waals surface area contributed by atoms with Gasteiger partial charge in [0.2, 0.25) is 11.8 Å². The van der Waals surface area contributed by atoms with Crippen molar-refractivity contribution in [1.29, 1.82) is 0 Å². The van der Waals surface area contributed by atoms with Gasteiger partial charge in [-0.25, -0.2) is 0 Å². The van der Waals surface area contributed by atoms with Gasteiger partial charge in [0.25, 0.3) is 5.91 Å². The number of carbonyl (C=O) groups is 3. The summed E-state index contributed by atoms with van der Waals surface area (Å²) in [7, 11) is 1.78. The smallest absolute Gasteiger partial charge is 0.256 e. The number of para-hydroxylation sites is 1. The number of amides is 3. The normalized spacial score (nSPS) is 23.2. The van der Waals surface area contributed by atoms with Crippen LogP contribution in [0.2, 0.25) is 0 Å². The van der Waals surface area contributed by atoms with Gasteiger partial charge in [0, 0.05) is 12.6 Å². The minimum atomic E-state index is -0.568. The third-order valence-electron chi connectivity index (χ3n) is 5.30. The summed E-state index contributed by atoms with van der Waals surface area (Å²) in [5.74, 6) is 0.0262. The molecule has 146 valence electrons. The standard InChI is InChI=1S/C20H28N4O3/c1-12(2)10-16(21-3)18(25)22-13-8-9-24-17(11-13)19(26)23-15-7-5-4-6-14(15)20(24)27/h4-7,12-13,16-17,21H,8-11H2,1-3H3,(H,22,25)(H,23,26). The number of rotatable bonds is 5. The van der Waals surface area contributed by atoms with Crippen LogP contribution in [0.4, 0.5) is 5.69 Å². The van der Waals surface area contributed by atoms with Crippen LogP contribution in [0.3, 0.4) is 0 Å². The second-order valence-electron chi connectivity index (χ2n) is 7.75. The van der Waals surface area contributed by atoms with Crippen LogP contribution in [0.15, 0.2) is 24.3 Å². The number of benzene rings is 1. The molecule has 3 atom stereocenters. The number of anilines is 1. The van der Waals surface area contributed by atoms with Gasteiger partial charge in [0.05, 0.1) is 17.3 Å². The molecule has 2 aliphatic rings. The van der Waals surface area contributed by atoms with Crippen molar-refractivity contribution in [1.82, 2.24) is 15.5 Å². The number of fused-ring (bicyclic) bond motifs is 2. The third-order valence-corrected chi connectivity index (χ3v) is 5.30. The average Bonchev–Trinajstić information content (AvgIpc) is 2.75. The molecule has 3 amide bonds. The molecule has 3 rings (SSSR count). The quantitative estimate of drug-likeness (QED) is 0.728. The van der Waals surface area contributed by atoms with E-state index in [4.69, 9.17) is 0 Å². The van der Waals surface area contributed by atoms with E-state index in [0.29, 0.717) is 36.6 Å². The summed E-state index contributed by atoms with van der Waals surface area (Å²) in [6.45, 7) is 4.61. The summed E-state index contributed by atoms with van der Waals surface area (Å²) in [4.78, 5) is 39.8. The Balaban J connectivity index is 1.70. The van der Waals surface area contributed by atoms with E-state index in [9.17, 15) is 14.4 Å². The zero-order valence-corrected chi connectivity index (χ0v) is 16.1. The van der Waals surface area contributed by atoms with Crippen LogP contribution in [-0.4, -0.2) is 54.3 Å². The van der Waals surface area contributed by atoms with Crippen LogP contribution in [0, 0.1) is 5.92 Å². The highest BCUT2D eigenvalue weighted by Gasteiger charge is 2.40. The maximum absolute atomic E-state index is 12.9. The largest absolute Gasteiger partial charge is 0.352 e. The third kappa shape index (κ3) is 4.13. The Hall–Kier alpha value is -2.41. The Kier molecular flexibility index (Phi) is 5.79. The molecule has 0 radical (unpaired) electrons. The molecule has 3 unspecified atom stereocenters. The Morgan fingerprint density at radius 2 is 2.04 bits per heavy atom. The van der Waals surface area contributed by atoms with Crippen molar-refractivity contribution >= 4 is 23.4 Å². The molecule has 0 aliphatic carbocycles. The molecule has 1 aromatic rings. The van der Waals surface area contributed by atoms with Crippen molar-refractivity contribution in [2.45, 2.75) is 51.2 Å². The first kappa shape index (κ1) is 19.4. The van der Waals surface area contributed by atoms with E-state index in [2.05, 4.69) is 29.8 Å². The van der Waals surface area contributed by atoms with Crippen molar-refractivity contribution in [2.24, 2.45) is 5.92 Å². The zero-order chi connectivity index (χ0) is 19.6. The summed E-state index contributed by atoms with van der Waals surface area (Å²) in [6, 6.07) is 6.12. The number of piperidine rings is 1. The molecule has 1 fully saturated rings. The number of hydrogen-bond acceptors (Lipinski definition) is 4. The molecule has 7 heteroatoms. The molecular formula is C20H28N4O3. The van der Waals surface area contributed by atoms with E-state index in [0.717, 1.165) is 6.42 Å². The summed E-state index contributed by atoms with van der Waals surface area (Å²) >= 11 is 0. The fraction of sp³-hybridized carbons (Fsp3) is 0.550. The van der Waals surface area contributed by atoms with Gasteiger partial charge in [-0.3, -0.25) is 14.4 Å². The van der Waals surface area contributed by atoms with Crippen molar-refractivity contribution in [3.05, 3.63) is 29.8 Å². The molecule has 0 aromatic heterocycles. The first-order valence-corrected chi connectivity index (χ1v) is 9.59. The molecule has 1 aromatic carbocycles. The molecule has 1 saturated heterocycles. The minimum absolute atomic E-state index is 0.0479. The highest BCUT2D eigenvalue weighted by molar-refractivity contribution is 6.09. The van der Waals surface area contributed by atoms with Crippen molar-refractivity contribution in [3.8, 4) is 0 Å². The molecule has 7 nitrogen and oxygen atoms in total. The van der Waals surface area contributed by atoms with E-state index in [1.807, 2.05) is 0 Å². The number of nitrogens with zero attached hydrogens (tertiary/aromatic N) is 1. The van der Waals surface area contributed by atoms with Crippen LogP contribution in [-0.2, 0) is 9.59 Å². The molecule has 3 N–H and O–H groups in total. The lowest BCUT2D eigenvalue weighted by Crippen LogP contribution is -2.56. The maximum Gasteiger partial charge on any atom is 0.256 e. The monoisotopic (exact) mass is 372 g/mol. The Labute approximate surface area is 159 Å². The number of carbonyl (C=O) groups excluding carboxylic acids is 3. The fourth-order valence-corrected chi connectivity index (χ4v) is 3.87. The predicted molar refractivity (Wildman–Crippen MR) is 103 cm³/mol. The lowest BCUT2D eigenvalue weighted by Gasteiger charge is -2.37. The Morgan fingerprint density at radius 1 is 1.30 bits per heavy atom. The molecule has 2 aliphatic heterocycles. The maximum atomic E-state index is 12.9. The van der Waals surface area contributed by atoms with Crippen LogP contribution in [0.5, 0.6) is 0 Å². The first-order valence-electron chi connectivity index (χ1n) is 9.59. The topological polar surface area (TPSA) is 90.5 Å². The van der Waals surface area contributed by atoms with Gasteiger partial charge in [-0.05, 0) is 44.4 Å². The predicted octanol–water partition coefficient (Wildman–Crippen LogP) is 1.36. The Morgan fingerprint density at radius 3 is 2.74 bits per heavy atom. The van der Waals surface area contributed by atoms with Gasteiger partial charge in [0.1, 0.15) is 6.04 Å². The summed E-state index contributed by atoms with van der Waals surface area (Å²) in [5, 5.41) is 8.99. The lowest BCUT2D eigenvalue weighted by molar-refractivity contribution is -0.126. The molecule has 27 heavy (non-hydrogen) atoms. The first-order chi connectivity index (χ1) is 12.9. The van der Waals surface area contributed by atoms with E-state index < -0.39 is 6.04 Å². The second kappa shape index (κ2) is 8.08.